The number of alkyl halides is 3. The Morgan fingerprint density at radius 2 is 1.75 bits per heavy atom. The molecule has 1 fully saturated rings. The number of carbonyl (C=O) groups excluding carboxylic acids is 1. The second-order valence-corrected chi connectivity index (χ2v) is 9.33. The van der Waals surface area contributed by atoms with E-state index in [0.717, 1.165) is 28.1 Å². The summed E-state index contributed by atoms with van der Waals surface area (Å²) in [6.45, 7) is 2.29. The number of aryl methyl sites for hydroxylation is 1. The van der Waals surface area contributed by atoms with Crippen LogP contribution >= 0.6 is 0 Å². The first-order chi connectivity index (χ1) is 15.0. The zero-order valence-corrected chi connectivity index (χ0v) is 18.5. The molecule has 0 saturated carbocycles. The predicted molar refractivity (Wildman–Crippen MR) is 113 cm³/mol. The van der Waals surface area contributed by atoms with E-state index in [1.165, 1.54) is 13.2 Å². The number of amides is 1. The zero-order valence-electron chi connectivity index (χ0n) is 17.6. The van der Waals surface area contributed by atoms with Crippen LogP contribution in [0.15, 0.2) is 47.4 Å². The van der Waals surface area contributed by atoms with Crippen molar-refractivity contribution in [3.8, 4) is 5.75 Å². The van der Waals surface area contributed by atoms with Gasteiger partial charge in [-0.05, 0) is 36.8 Å². The summed E-state index contributed by atoms with van der Waals surface area (Å²) in [6, 6.07) is 9.52. The molecule has 7 nitrogen and oxygen atoms in total. The molecular formula is C21H24F3N3O4S. The molecule has 174 valence electrons. The van der Waals surface area contributed by atoms with E-state index < -0.39 is 26.7 Å². The molecule has 32 heavy (non-hydrogen) atoms. The fourth-order valence-corrected chi connectivity index (χ4v) is 5.14. The Morgan fingerprint density at radius 1 is 1.09 bits per heavy atom. The van der Waals surface area contributed by atoms with Gasteiger partial charge >= 0.3 is 6.18 Å². The number of methoxy groups -OCH3 is 1. The van der Waals surface area contributed by atoms with Crippen molar-refractivity contribution in [1.82, 2.24) is 9.21 Å². The van der Waals surface area contributed by atoms with Crippen LogP contribution in [0.5, 0.6) is 5.75 Å². The largest absolute Gasteiger partial charge is 0.495 e. The molecule has 1 aliphatic heterocycles. The van der Waals surface area contributed by atoms with Crippen molar-refractivity contribution in [2.45, 2.75) is 18.0 Å². The second-order valence-electron chi connectivity index (χ2n) is 7.43. The molecule has 0 atom stereocenters. The first-order valence-electron chi connectivity index (χ1n) is 9.85. The summed E-state index contributed by atoms with van der Waals surface area (Å²) in [5.41, 5.74) is 0.287. The van der Waals surface area contributed by atoms with Gasteiger partial charge < -0.3 is 10.1 Å². The molecule has 0 aliphatic carbocycles. The molecule has 11 heteroatoms. The van der Waals surface area contributed by atoms with Crippen molar-refractivity contribution >= 4 is 21.6 Å². The maximum Gasteiger partial charge on any atom is 0.417 e. The van der Waals surface area contributed by atoms with Gasteiger partial charge in [0.1, 0.15) is 5.75 Å². The average Bonchev–Trinajstić information content (AvgIpc) is 2.73. The topological polar surface area (TPSA) is 79.0 Å². The SMILES string of the molecule is COc1ccc(C)cc1NC(=O)CN1CCN(S(=O)(=O)c2ccccc2C(F)(F)F)CC1. The molecule has 0 aromatic heterocycles. The Labute approximate surface area is 184 Å². The van der Waals surface area contributed by atoms with Crippen LogP contribution in [0.25, 0.3) is 0 Å². The Morgan fingerprint density at radius 3 is 2.38 bits per heavy atom. The Hall–Kier alpha value is -2.63. The number of nitrogens with zero attached hydrogens (tertiary/aromatic N) is 2. The van der Waals surface area contributed by atoms with Gasteiger partial charge in [0, 0.05) is 26.2 Å². The van der Waals surface area contributed by atoms with Gasteiger partial charge in [-0.25, -0.2) is 8.42 Å². The van der Waals surface area contributed by atoms with Crippen LogP contribution in [-0.4, -0.2) is 63.4 Å². The van der Waals surface area contributed by atoms with E-state index in [2.05, 4.69) is 5.32 Å². The predicted octanol–water partition coefficient (Wildman–Crippen LogP) is 2.97. The number of nitrogens with one attached hydrogen (secondary N) is 1. The van der Waals surface area contributed by atoms with Gasteiger partial charge in [-0.1, -0.05) is 18.2 Å². The Bertz CT molecular complexity index is 1080. The maximum atomic E-state index is 13.3. The first-order valence-corrected chi connectivity index (χ1v) is 11.3. The number of piperazine rings is 1. The summed E-state index contributed by atoms with van der Waals surface area (Å²) >= 11 is 0. The van der Waals surface area contributed by atoms with E-state index in [1.54, 1.807) is 17.0 Å². The summed E-state index contributed by atoms with van der Waals surface area (Å²) in [5, 5.41) is 2.78. The molecular weight excluding hydrogens is 447 g/mol. The maximum absolute atomic E-state index is 13.3. The fourth-order valence-electron chi connectivity index (χ4n) is 3.51. The van der Waals surface area contributed by atoms with Crippen LogP contribution in [0.2, 0.25) is 0 Å². The van der Waals surface area contributed by atoms with Crippen molar-refractivity contribution in [3.63, 3.8) is 0 Å². The lowest BCUT2D eigenvalue weighted by molar-refractivity contribution is -0.140. The molecule has 0 unspecified atom stereocenters. The lowest BCUT2D eigenvalue weighted by atomic mass is 10.2. The number of halogens is 3. The number of hydrogen-bond acceptors (Lipinski definition) is 5. The van der Waals surface area contributed by atoms with Crippen molar-refractivity contribution in [2.24, 2.45) is 0 Å². The van der Waals surface area contributed by atoms with Crippen LogP contribution in [0.1, 0.15) is 11.1 Å². The van der Waals surface area contributed by atoms with Crippen LogP contribution in [0.3, 0.4) is 0 Å². The van der Waals surface area contributed by atoms with E-state index in [0.29, 0.717) is 11.4 Å². The summed E-state index contributed by atoms with van der Waals surface area (Å²) < 4.78 is 71.7. The minimum atomic E-state index is -4.78. The number of benzene rings is 2. The monoisotopic (exact) mass is 471 g/mol. The van der Waals surface area contributed by atoms with E-state index in [9.17, 15) is 26.4 Å². The van der Waals surface area contributed by atoms with Crippen molar-refractivity contribution in [2.75, 3.05) is 45.2 Å². The molecule has 1 N–H and O–H groups in total. The van der Waals surface area contributed by atoms with Gasteiger partial charge in [0.25, 0.3) is 0 Å². The number of rotatable bonds is 6. The van der Waals surface area contributed by atoms with Crippen LogP contribution in [0.4, 0.5) is 18.9 Å². The highest BCUT2D eigenvalue weighted by molar-refractivity contribution is 7.89. The Balaban J connectivity index is 1.63. The highest BCUT2D eigenvalue weighted by Gasteiger charge is 2.39. The van der Waals surface area contributed by atoms with Crippen LogP contribution in [0, 0.1) is 6.92 Å². The zero-order chi connectivity index (χ0) is 23.5. The molecule has 0 spiro atoms. The number of ether oxygens (including phenoxy) is 1. The number of carbonyl (C=O) groups is 1. The van der Waals surface area contributed by atoms with Crippen molar-refractivity contribution < 1.29 is 31.1 Å². The minimum absolute atomic E-state index is 0.0180. The highest BCUT2D eigenvalue weighted by Crippen LogP contribution is 2.35. The molecule has 1 aliphatic rings. The molecule has 3 rings (SSSR count). The van der Waals surface area contributed by atoms with Gasteiger partial charge in [0.05, 0.1) is 29.8 Å². The molecule has 0 radical (unpaired) electrons. The quantitative estimate of drug-likeness (QED) is 0.701. The van der Waals surface area contributed by atoms with E-state index in [1.807, 2.05) is 13.0 Å². The van der Waals surface area contributed by atoms with Gasteiger partial charge in [-0.2, -0.15) is 17.5 Å². The number of anilines is 1. The third-order valence-electron chi connectivity index (χ3n) is 5.14. The molecule has 1 heterocycles. The fraction of sp³-hybridized carbons (Fsp3) is 0.381. The average molecular weight is 472 g/mol. The molecule has 2 aromatic rings. The molecule has 0 bridgehead atoms. The molecule has 1 amide bonds. The third-order valence-corrected chi connectivity index (χ3v) is 7.09. The highest BCUT2D eigenvalue weighted by atomic mass is 32.2. The second kappa shape index (κ2) is 9.47. The minimum Gasteiger partial charge on any atom is -0.495 e. The van der Waals surface area contributed by atoms with E-state index in [4.69, 9.17) is 4.74 Å². The van der Waals surface area contributed by atoms with Crippen molar-refractivity contribution in [1.29, 1.82) is 0 Å². The third kappa shape index (κ3) is 5.40. The first kappa shape index (κ1) is 24.0. The number of hydrogen-bond donors (Lipinski definition) is 1. The number of sulfonamides is 1. The Kier molecular flexibility index (Phi) is 7.11. The standard InChI is InChI=1S/C21H24F3N3O4S/c1-15-7-8-18(31-2)17(13-15)25-20(28)14-26-9-11-27(12-10-26)32(29,30)19-6-4-3-5-16(19)21(22,23)24/h3-8,13H,9-12,14H2,1-2H3,(H,25,28). The smallest absolute Gasteiger partial charge is 0.417 e. The van der Waals surface area contributed by atoms with Crippen molar-refractivity contribution in [3.05, 3.63) is 53.6 Å². The normalized spacial score (nSPS) is 16.0. The summed E-state index contributed by atoms with van der Waals surface area (Å²) in [5.74, 6) is 0.218. The van der Waals surface area contributed by atoms with Gasteiger partial charge in [-0.15, -0.1) is 0 Å². The lowest BCUT2D eigenvalue weighted by Crippen LogP contribution is -2.50. The summed E-state index contributed by atoms with van der Waals surface area (Å²) in [6.07, 6.45) is -4.78. The van der Waals surface area contributed by atoms with Gasteiger partial charge in [0.2, 0.25) is 15.9 Å². The summed E-state index contributed by atoms with van der Waals surface area (Å²) in [4.78, 5) is 13.4. The molecule has 1 saturated heterocycles. The van der Waals surface area contributed by atoms with Crippen LogP contribution in [-0.2, 0) is 21.0 Å². The van der Waals surface area contributed by atoms with E-state index >= 15 is 0 Å². The summed E-state index contributed by atoms with van der Waals surface area (Å²) in [7, 11) is -2.82. The lowest BCUT2D eigenvalue weighted by Gasteiger charge is -2.34. The van der Waals surface area contributed by atoms with Gasteiger partial charge in [-0.3, -0.25) is 9.69 Å². The van der Waals surface area contributed by atoms with Crippen LogP contribution < -0.4 is 10.1 Å². The molecule has 2 aromatic carbocycles. The van der Waals surface area contributed by atoms with Gasteiger partial charge in [0.15, 0.2) is 0 Å². The van der Waals surface area contributed by atoms with E-state index in [-0.39, 0.29) is 38.6 Å².